The van der Waals surface area contributed by atoms with Crippen LogP contribution in [-0.2, 0) is 4.79 Å². The highest BCUT2D eigenvalue weighted by atomic mass is 16.5. The summed E-state index contributed by atoms with van der Waals surface area (Å²) < 4.78 is 5.55. The third-order valence-electron chi connectivity index (χ3n) is 6.83. The van der Waals surface area contributed by atoms with Gasteiger partial charge in [-0.15, -0.1) is 0 Å². The van der Waals surface area contributed by atoms with Gasteiger partial charge >= 0.3 is 0 Å². The fraction of sp³-hybridized carbons (Fsp3) is 0.667. The molecule has 6 heteroatoms. The molecule has 162 valence electrons. The van der Waals surface area contributed by atoms with Gasteiger partial charge in [-0.1, -0.05) is 19.0 Å². The van der Waals surface area contributed by atoms with Crippen LogP contribution in [-0.4, -0.2) is 27.6 Å². The summed E-state index contributed by atoms with van der Waals surface area (Å²) in [6.07, 6.45) is 10.6. The predicted octanol–water partition coefficient (Wildman–Crippen LogP) is 5.14. The fourth-order valence-corrected chi connectivity index (χ4v) is 4.63. The molecule has 0 aliphatic heterocycles. The SMILES string of the molecule is CCC(CC)C(=O)NCC1CCC(c2nc(C3CC3)ncc2-c2cc(C)no2)CC1. The zero-order valence-electron chi connectivity index (χ0n) is 18.5. The lowest BCUT2D eigenvalue weighted by Crippen LogP contribution is -2.35. The maximum Gasteiger partial charge on any atom is 0.223 e. The fourth-order valence-electron chi connectivity index (χ4n) is 4.63. The molecule has 1 N–H and O–H groups in total. The second kappa shape index (κ2) is 9.27. The van der Waals surface area contributed by atoms with Crippen LogP contribution in [0.1, 0.15) is 94.3 Å². The molecule has 2 fully saturated rings. The highest BCUT2D eigenvalue weighted by molar-refractivity contribution is 5.78. The molecule has 0 atom stereocenters. The summed E-state index contributed by atoms with van der Waals surface area (Å²) in [6.45, 7) is 6.91. The van der Waals surface area contributed by atoms with Gasteiger partial charge in [0.05, 0.1) is 17.0 Å². The summed E-state index contributed by atoms with van der Waals surface area (Å²) in [6, 6.07) is 1.97. The van der Waals surface area contributed by atoms with Crippen molar-refractivity contribution >= 4 is 5.91 Å². The predicted molar refractivity (Wildman–Crippen MR) is 116 cm³/mol. The Balaban J connectivity index is 1.42. The summed E-state index contributed by atoms with van der Waals surface area (Å²) in [7, 11) is 0. The van der Waals surface area contributed by atoms with Gasteiger partial charge in [0.15, 0.2) is 5.76 Å². The number of aromatic nitrogens is 3. The largest absolute Gasteiger partial charge is 0.356 e. The molecule has 0 aromatic carbocycles. The second-order valence-corrected chi connectivity index (χ2v) is 9.11. The molecule has 0 radical (unpaired) electrons. The first-order valence-electron chi connectivity index (χ1n) is 11.7. The normalized spacial score (nSPS) is 21.7. The van der Waals surface area contributed by atoms with Gasteiger partial charge in [-0.2, -0.15) is 0 Å². The van der Waals surface area contributed by atoms with Gasteiger partial charge in [-0.05, 0) is 64.2 Å². The molecule has 0 saturated heterocycles. The number of carbonyl (C=O) groups excluding carboxylic acids is 1. The zero-order chi connectivity index (χ0) is 21.1. The van der Waals surface area contributed by atoms with E-state index in [1.54, 1.807) is 0 Å². The van der Waals surface area contributed by atoms with Crippen LogP contribution in [0.25, 0.3) is 11.3 Å². The number of carbonyl (C=O) groups is 1. The van der Waals surface area contributed by atoms with Crippen molar-refractivity contribution in [3.05, 3.63) is 29.5 Å². The molecule has 0 spiro atoms. The van der Waals surface area contributed by atoms with Crippen LogP contribution in [0.4, 0.5) is 0 Å². The zero-order valence-corrected chi connectivity index (χ0v) is 18.5. The van der Waals surface area contributed by atoms with Gasteiger partial charge in [0.1, 0.15) is 5.82 Å². The number of amides is 1. The number of nitrogens with one attached hydrogen (secondary N) is 1. The lowest BCUT2D eigenvalue weighted by Gasteiger charge is -2.29. The van der Waals surface area contributed by atoms with Crippen LogP contribution >= 0.6 is 0 Å². The van der Waals surface area contributed by atoms with Gasteiger partial charge in [-0.3, -0.25) is 4.79 Å². The number of aryl methyl sites for hydroxylation is 1. The van der Waals surface area contributed by atoms with E-state index >= 15 is 0 Å². The maximum absolute atomic E-state index is 12.3. The first kappa shape index (κ1) is 21.0. The monoisotopic (exact) mass is 410 g/mol. The van der Waals surface area contributed by atoms with Crippen molar-refractivity contribution in [2.75, 3.05) is 6.54 Å². The van der Waals surface area contributed by atoms with Gasteiger partial charge in [0, 0.05) is 36.6 Å². The molecule has 6 nitrogen and oxygen atoms in total. The second-order valence-electron chi connectivity index (χ2n) is 9.11. The number of rotatable bonds is 8. The Morgan fingerprint density at radius 3 is 2.43 bits per heavy atom. The summed E-state index contributed by atoms with van der Waals surface area (Å²) in [5.41, 5.74) is 2.99. The Morgan fingerprint density at radius 2 is 1.83 bits per heavy atom. The highest BCUT2D eigenvalue weighted by Gasteiger charge is 2.31. The van der Waals surface area contributed by atoms with Crippen molar-refractivity contribution in [1.82, 2.24) is 20.4 Å². The van der Waals surface area contributed by atoms with Crippen LogP contribution in [0, 0.1) is 18.8 Å². The minimum atomic E-state index is 0.149. The van der Waals surface area contributed by atoms with Gasteiger partial charge < -0.3 is 9.84 Å². The molecule has 0 bridgehead atoms. The van der Waals surface area contributed by atoms with Crippen molar-refractivity contribution in [2.45, 2.75) is 84.0 Å². The van der Waals surface area contributed by atoms with E-state index in [-0.39, 0.29) is 11.8 Å². The molecule has 2 aromatic rings. The van der Waals surface area contributed by atoms with E-state index in [1.165, 1.54) is 12.8 Å². The number of nitrogens with zero attached hydrogens (tertiary/aromatic N) is 3. The summed E-state index contributed by atoms with van der Waals surface area (Å²) in [4.78, 5) is 22.0. The van der Waals surface area contributed by atoms with E-state index in [0.717, 1.165) is 73.6 Å². The average Bonchev–Trinajstić information content (AvgIpc) is 3.54. The molecule has 2 heterocycles. The van der Waals surface area contributed by atoms with E-state index in [9.17, 15) is 4.79 Å². The van der Waals surface area contributed by atoms with Crippen LogP contribution in [0.15, 0.2) is 16.8 Å². The molecule has 0 unspecified atom stereocenters. The van der Waals surface area contributed by atoms with Crippen molar-refractivity contribution in [1.29, 1.82) is 0 Å². The quantitative estimate of drug-likeness (QED) is 0.651. The van der Waals surface area contributed by atoms with E-state index in [1.807, 2.05) is 19.2 Å². The Morgan fingerprint density at radius 1 is 1.13 bits per heavy atom. The number of hydrogen-bond acceptors (Lipinski definition) is 5. The van der Waals surface area contributed by atoms with Crippen molar-refractivity contribution in [3.8, 4) is 11.3 Å². The first-order chi connectivity index (χ1) is 14.6. The smallest absolute Gasteiger partial charge is 0.223 e. The Kier molecular flexibility index (Phi) is 6.49. The third-order valence-corrected chi connectivity index (χ3v) is 6.83. The van der Waals surface area contributed by atoms with E-state index < -0.39 is 0 Å². The van der Waals surface area contributed by atoms with Crippen LogP contribution < -0.4 is 5.32 Å². The minimum absolute atomic E-state index is 0.149. The molecular formula is C24H34N4O2. The molecule has 4 rings (SSSR count). The number of hydrogen-bond donors (Lipinski definition) is 1. The average molecular weight is 411 g/mol. The molecule has 2 saturated carbocycles. The molecule has 2 aliphatic rings. The summed E-state index contributed by atoms with van der Waals surface area (Å²) in [5, 5.41) is 7.25. The standard InChI is InChI=1S/C24H34N4O2/c1-4-17(5-2)24(29)26-13-16-6-8-18(9-7-16)22-20(21-12-15(3)28-30-21)14-25-23(27-22)19-10-11-19/h12,14,16-19H,4-11,13H2,1-3H3,(H,26,29). The van der Waals surface area contributed by atoms with Gasteiger partial charge in [0.25, 0.3) is 0 Å². The Hall–Kier alpha value is -2.24. The third kappa shape index (κ3) is 4.73. The summed E-state index contributed by atoms with van der Waals surface area (Å²) in [5.74, 6) is 3.63. The first-order valence-corrected chi connectivity index (χ1v) is 11.7. The van der Waals surface area contributed by atoms with Crippen LogP contribution in [0.5, 0.6) is 0 Å². The molecule has 2 aromatic heterocycles. The molecule has 30 heavy (non-hydrogen) atoms. The van der Waals surface area contributed by atoms with Crippen molar-refractivity contribution in [2.24, 2.45) is 11.8 Å². The van der Waals surface area contributed by atoms with E-state index in [2.05, 4.69) is 29.3 Å². The molecule has 2 aliphatic carbocycles. The van der Waals surface area contributed by atoms with Crippen molar-refractivity contribution in [3.63, 3.8) is 0 Å². The highest BCUT2D eigenvalue weighted by Crippen LogP contribution is 2.42. The van der Waals surface area contributed by atoms with E-state index in [4.69, 9.17) is 9.51 Å². The lowest BCUT2D eigenvalue weighted by molar-refractivity contribution is -0.125. The van der Waals surface area contributed by atoms with Gasteiger partial charge in [0.2, 0.25) is 5.91 Å². The van der Waals surface area contributed by atoms with Crippen LogP contribution in [0.2, 0.25) is 0 Å². The minimum Gasteiger partial charge on any atom is -0.356 e. The summed E-state index contributed by atoms with van der Waals surface area (Å²) >= 11 is 0. The Bertz CT molecular complexity index is 862. The maximum atomic E-state index is 12.3. The van der Waals surface area contributed by atoms with Crippen LogP contribution in [0.3, 0.4) is 0 Å². The Labute approximate surface area is 179 Å². The topological polar surface area (TPSA) is 80.9 Å². The van der Waals surface area contributed by atoms with Gasteiger partial charge in [-0.25, -0.2) is 9.97 Å². The lowest BCUT2D eigenvalue weighted by atomic mass is 9.79. The molecule has 1 amide bonds. The van der Waals surface area contributed by atoms with E-state index in [0.29, 0.717) is 17.8 Å². The molecular weight excluding hydrogens is 376 g/mol. The van der Waals surface area contributed by atoms with Crippen molar-refractivity contribution < 1.29 is 9.32 Å².